The number of rotatable bonds is 1. The second kappa shape index (κ2) is 6.11. The molecule has 0 spiro atoms. The standard InChI is InChI=1S/C20H17ClN2O3S/c1-10-11(2)27-19-16(10)20(24)23-4-3-13(18(23)22-19)7-12-8-14(21)17-15(9-12)25-5-6-26-17/h7-9H,3-6H2,1-2H3/b13-7-. The van der Waals surface area contributed by atoms with E-state index >= 15 is 0 Å². The fourth-order valence-corrected chi connectivity index (χ4v) is 4.97. The first-order valence-corrected chi connectivity index (χ1v) is 10.0. The van der Waals surface area contributed by atoms with Gasteiger partial charge in [0, 0.05) is 11.4 Å². The number of thiophene rings is 1. The SMILES string of the molecule is Cc1sc2nc3n(c(=O)c2c1C)CC/C3=C/c1cc(Cl)c2c(c1)OCCO2. The molecule has 4 heterocycles. The van der Waals surface area contributed by atoms with Crippen molar-refractivity contribution >= 4 is 44.8 Å². The number of nitrogens with zero attached hydrogens (tertiary/aromatic N) is 2. The van der Waals surface area contributed by atoms with Gasteiger partial charge in [-0.25, -0.2) is 4.98 Å². The van der Waals surface area contributed by atoms with Gasteiger partial charge in [-0.1, -0.05) is 11.6 Å². The molecule has 0 N–H and O–H groups in total. The molecule has 0 aliphatic carbocycles. The van der Waals surface area contributed by atoms with Gasteiger partial charge < -0.3 is 9.47 Å². The second-order valence-electron chi connectivity index (χ2n) is 6.80. The van der Waals surface area contributed by atoms with Crippen LogP contribution in [-0.2, 0) is 6.54 Å². The molecule has 1 aromatic carbocycles. The van der Waals surface area contributed by atoms with Crippen LogP contribution in [0.2, 0.25) is 5.02 Å². The van der Waals surface area contributed by atoms with E-state index in [4.69, 9.17) is 26.1 Å². The highest BCUT2D eigenvalue weighted by molar-refractivity contribution is 7.18. The average molecular weight is 401 g/mol. The lowest BCUT2D eigenvalue weighted by Gasteiger charge is -2.19. The first-order valence-electron chi connectivity index (χ1n) is 8.83. The van der Waals surface area contributed by atoms with E-state index in [0.29, 0.717) is 36.3 Å². The van der Waals surface area contributed by atoms with Gasteiger partial charge in [0.05, 0.1) is 10.4 Å². The Balaban J connectivity index is 1.64. The van der Waals surface area contributed by atoms with E-state index in [2.05, 4.69) is 0 Å². The van der Waals surface area contributed by atoms with Gasteiger partial charge in [0.15, 0.2) is 11.5 Å². The third-order valence-corrected chi connectivity index (χ3v) is 6.52. The molecular formula is C20H17ClN2O3S. The summed E-state index contributed by atoms with van der Waals surface area (Å²) >= 11 is 7.93. The first-order chi connectivity index (χ1) is 13.0. The van der Waals surface area contributed by atoms with Crippen LogP contribution in [0, 0.1) is 13.8 Å². The quantitative estimate of drug-likeness (QED) is 0.605. The van der Waals surface area contributed by atoms with E-state index in [0.717, 1.165) is 44.0 Å². The number of halogens is 1. The van der Waals surface area contributed by atoms with E-state index in [1.54, 1.807) is 15.9 Å². The normalized spacial score (nSPS) is 16.9. The number of fused-ring (bicyclic) bond motifs is 3. The Hall–Kier alpha value is -2.31. The highest BCUT2D eigenvalue weighted by Gasteiger charge is 2.24. The molecule has 0 saturated carbocycles. The van der Waals surface area contributed by atoms with Crippen molar-refractivity contribution < 1.29 is 9.47 Å². The number of allylic oxidation sites excluding steroid dienone is 1. The third kappa shape index (κ3) is 2.58. The molecule has 5 rings (SSSR count). The fourth-order valence-electron chi connectivity index (χ4n) is 3.68. The highest BCUT2D eigenvalue weighted by Crippen LogP contribution is 2.40. The number of benzene rings is 1. The minimum Gasteiger partial charge on any atom is -0.486 e. The minimum absolute atomic E-state index is 0.0560. The van der Waals surface area contributed by atoms with Crippen LogP contribution >= 0.6 is 22.9 Å². The predicted molar refractivity (Wildman–Crippen MR) is 108 cm³/mol. The van der Waals surface area contributed by atoms with Crippen LogP contribution in [0.4, 0.5) is 0 Å². The maximum Gasteiger partial charge on any atom is 0.262 e. The molecule has 0 saturated heterocycles. The summed E-state index contributed by atoms with van der Waals surface area (Å²) < 4.78 is 13.0. The average Bonchev–Trinajstić information content (AvgIpc) is 3.17. The summed E-state index contributed by atoms with van der Waals surface area (Å²) in [6.45, 7) is 5.69. The maximum absolute atomic E-state index is 12.9. The molecule has 27 heavy (non-hydrogen) atoms. The zero-order valence-corrected chi connectivity index (χ0v) is 16.5. The number of ether oxygens (including phenoxy) is 2. The van der Waals surface area contributed by atoms with E-state index in [1.165, 1.54) is 0 Å². The highest BCUT2D eigenvalue weighted by atomic mass is 35.5. The van der Waals surface area contributed by atoms with Gasteiger partial charge in [-0.2, -0.15) is 0 Å². The molecule has 0 fully saturated rings. The Kier molecular flexibility index (Phi) is 3.81. The Morgan fingerprint density at radius 2 is 2.07 bits per heavy atom. The molecule has 3 aromatic rings. The smallest absolute Gasteiger partial charge is 0.262 e. The lowest BCUT2D eigenvalue weighted by Crippen LogP contribution is -2.20. The van der Waals surface area contributed by atoms with Crippen LogP contribution < -0.4 is 15.0 Å². The number of hydrogen-bond donors (Lipinski definition) is 0. The van der Waals surface area contributed by atoms with Gasteiger partial charge in [0.2, 0.25) is 0 Å². The van der Waals surface area contributed by atoms with Gasteiger partial charge in [0.1, 0.15) is 23.9 Å². The summed E-state index contributed by atoms with van der Waals surface area (Å²) in [7, 11) is 0. The molecule has 2 aliphatic rings. The monoisotopic (exact) mass is 400 g/mol. The van der Waals surface area contributed by atoms with Crippen molar-refractivity contribution in [2.75, 3.05) is 13.2 Å². The van der Waals surface area contributed by atoms with Crippen molar-refractivity contribution in [3.05, 3.63) is 49.3 Å². The van der Waals surface area contributed by atoms with Crippen LogP contribution in [-0.4, -0.2) is 22.8 Å². The summed E-state index contributed by atoms with van der Waals surface area (Å²) in [5.74, 6) is 2.00. The van der Waals surface area contributed by atoms with E-state index in [-0.39, 0.29) is 5.56 Å². The molecule has 5 nitrogen and oxygen atoms in total. The van der Waals surface area contributed by atoms with Gasteiger partial charge in [-0.05, 0) is 55.2 Å². The summed E-state index contributed by atoms with van der Waals surface area (Å²) in [5.41, 5.74) is 3.05. The van der Waals surface area contributed by atoms with Gasteiger partial charge in [0.25, 0.3) is 5.56 Å². The first kappa shape index (κ1) is 16.8. The molecule has 2 aromatic heterocycles. The summed E-state index contributed by atoms with van der Waals surface area (Å²) in [6, 6.07) is 3.78. The van der Waals surface area contributed by atoms with Crippen molar-refractivity contribution in [2.45, 2.75) is 26.8 Å². The van der Waals surface area contributed by atoms with Crippen molar-refractivity contribution in [1.29, 1.82) is 0 Å². The number of hydrogen-bond acceptors (Lipinski definition) is 5. The lowest BCUT2D eigenvalue weighted by molar-refractivity contribution is 0.171. The zero-order valence-electron chi connectivity index (χ0n) is 15.0. The van der Waals surface area contributed by atoms with Gasteiger partial charge >= 0.3 is 0 Å². The molecule has 2 aliphatic heterocycles. The van der Waals surface area contributed by atoms with Crippen molar-refractivity contribution in [3.63, 3.8) is 0 Å². The van der Waals surface area contributed by atoms with Crippen molar-refractivity contribution in [3.8, 4) is 11.5 Å². The summed E-state index contributed by atoms with van der Waals surface area (Å²) in [6.07, 6.45) is 2.80. The fraction of sp³-hybridized carbons (Fsp3) is 0.300. The Morgan fingerprint density at radius 1 is 1.26 bits per heavy atom. The van der Waals surface area contributed by atoms with Crippen LogP contribution in [0.3, 0.4) is 0 Å². The van der Waals surface area contributed by atoms with Gasteiger partial charge in [-0.3, -0.25) is 9.36 Å². The number of aryl methyl sites for hydroxylation is 2. The van der Waals surface area contributed by atoms with Crippen LogP contribution in [0.15, 0.2) is 16.9 Å². The molecule has 0 atom stereocenters. The molecule has 0 amide bonds. The zero-order chi connectivity index (χ0) is 18.7. The topological polar surface area (TPSA) is 53.4 Å². The molecule has 0 unspecified atom stereocenters. The molecule has 7 heteroatoms. The van der Waals surface area contributed by atoms with E-state index in [9.17, 15) is 4.79 Å². The third-order valence-electron chi connectivity index (χ3n) is 5.14. The van der Waals surface area contributed by atoms with E-state index < -0.39 is 0 Å². The van der Waals surface area contributed by atoms with Crippen molar-refractivity contribution in [2.24, 2.45) is 0 Å². The minimum atomic E-state index is 0.0560. The van der Waals surface area contributed by atoms with Gasteiger partial charge in [-0.15, -0.1) is 11.3 Å². The lowest BCUT2D eigenvalue weighted by atomic mass is 10.1. The molecule has 138 valence electrons. The largest absolute Gasteiger partial charge is 0.486 e. The van der Waals surface area contributed by atoms with Crippen LogP contribution in [0.1, 0.15) is 28.2 Å². The Bertz CT molecular complexity index is 1190. The molecular weight excluding hydrogens is 384 g/mol. The second-order valence-corrected chi connectivity index (χ2v) is 8.41. The molecule has 0 bridgehead atoms. The maximum atomic E-state index is 12.9. The summed E-state index contributed by atoms with van der Waals surface area (Å²) in [5, 5.41) is 1.28. The predicted octanol–water partition coefficient (Wildman–Crippen LogP) is 4.44. The number of aromatic nitrogens is 2. The van der Waals surface area contributed by atoms with Crippen LogP contribution in [0.5, 0.6) is 11.5 Å². The Morgan fingerprint density at radius 3 is 2.93 bits per heavy atom. The molecule has 0 radical (unpaired) electrons. The van der Waals surface area contributed by atoms with E-state index in [1.807, 2.05) is 32.1 Å². The van der Waals surface area contributed by atoms with Crippen LogP contribution in [0.25, 0.3) is 21.9 Å². The Labute approximate surface area is 164 Å². The summed E-state index contributed by atoms with van der Waals surface area (Å²) in [4.78, 5) is 19.7. The van der Waals surface area contributed by atoms with Crippen molar-refractivity contribution in [1.82, 2.24) is 9.55 Å².